The average Bonchev–Trinajstić information content (AvgIpc) is 3.21. The van der Waals surface area contributed by atoms with Gasteiger partial charge in [-0.1, -0.05) is 188 Å². The number of hydrogen-bond donors (Lipinski definition) is 3. The lowest BCUT2D eigenvalue weighted by atomic mass is 9.98. The topological polar surface area (TPSA) is 175 Å². The largest absolute Gasteiger partial charge is 0.479 e. The fraction of sp³-hybridized carbons (Fsp3) is 0.915. The van der Waals surface area contributed by atoms with Crippen LogP contribution >= 0.6 is 0 Å². The zero-order valence-electron chi connectivity index (χ0n) is 37.5. The third-order valence-electron chi connectivity index (χ3n) is 11.2. The van der Waals surface area contributed by atoms with Gasteiger partial charge >= 0.3 is 23.9 Å². The summed E-state index contributed by atoms with van der Waals surface area (Å²) in [6.07, 6.45) is 22.7. The zero-order valence-corrected chi connectivity index (χ0v) is 37.5. The Morgan fingerprint density at radius 3 is 1.27 bits per heavy atom. The highest BCUT2D eigenvalue weighted by Gasteiger charge is 2.50. The molecule has 1 rings (SSSR count). The summed E-state index contributed by atoms with van der Waals surface area (Å²) < 4.78 is 28.1. The van der Waals surface area contributed by atoms with Crippen molar-refractivity contribution in [3.63, 3.8) is 0 Å². The molecule has 1 aliphatic heterocycles. The Labute approximate surface area is 357 Å². The molecule has 0 aromatic rings. The van der Waals surface area contributed by atoms with Crippen LogP contribution in [0.5, 0.6) is 0 Å². The number of aliphatic carboxylic acids is 1. The number of aliphatic hydroxyl groups is 2. The summed E-state index contributed by atoms with van der Waals surface area (Å²) in [5.74, 6) is -3.10. The van der Waals surface area contributed by atoms with Gasteiger partial charge < -0.3 is 39.0 Å². The van der Waals surface area contributed by atoms with E-state index in [4.69, 9.17) is 23.7 Å². The molecule has 6 atom stereocenters. The number of carbonyl (C=O) groups is 4. The second-order valence-corrected chi connectivity index (χ2v) is 16.8. The Morgan fingerprint density at radius 1 is 0.492 bits per heavy atom. The van der Waals surface area contributed by atoms with Crippen LogP contribution in [-0.2, 0) is 42.9 Å². The molecule has 0 aromatic heterocycles. The van der Waals surface area contributed by atoms with Crippen LogP contribution in [-0.4, -0.2) is 89.2 Å². The van der Waals surface area contributed by atoms with Crippen LogP contribution in [0.25, 0.3) is 0 Å². The van der Waals surface area contributed by atoms with Crippen molar-refractivity contribution in [3.05, 3.63) is 0 Å². The minimum Gasteiger partial charge on any atom is -0.479 e. The van der Waals surface area contributed by atoms with Gasteiger partial charge in [-0.05, 0) is 19.3 Å². The predicted octanol–water partition coefficient (Wildman–Crippen LogP) is 10.4. The number of carbonyl (C=O) groups excluding carboxylic acids is 3. The van der Waals surface area contributed by atoms with Gasteiger partial charge in [0.15, 0.2) is 24.6 Å². The lowest BCUT2D eigenvalue weighted by Crippen LogP contribution is -2.61. The number of carboxylic acid groups (broad SMARTS) is 1. The molecule has 59 heavy (non-hydrogen) atoms. The van der Waals surface area contributed by atoms with Gasteiger partial charge in [0.25, 0.3) is 0 Å². The fourth-order valence-electron chi connectivity index (χ4n) is 7.43. The Bertz CT molecular complexity index is 1050. The number of hydrogen-bond acceptors (Lipinski definition) is 11. The van der Waals surface area contributed by atoms with Crippen molar-refractivity contribution in [2.24, 2.45) is 0 Å². The standard InChI is InChI=1S/C47H86O12/c1-4-7-10-13-16-19-20-23-24-27-30-33-39(48)55-36-38(57-40(49)34-31-28-25-21-17-14-11-8-5-2)37-56-47-45(43(52)42(51)44(59-47)46(53)54)58-41(50)35-32-29-26-22-18-15-12-9-6-3/h38,42-45,47,51-52H,4-37H2,1-3H3,(H,53,54). The molecule has 0 aliphatic carbocycles. The fourth-order valence-corrected chi connectivity index (χ4v) is 7.43. The van der Waals surface area contributed by atoms with Crippen molar-refractivity contribution in [2.75, 3.05) is 13.2 Å². The van der Waals surface area contributed by atoms with Gasteiger partial charge in [0.05, 0.1) is 6.61 Å². The molecule has 0 spiro atoms. The SMILES string of the molecule is CCCCCCCCCCCCCC(=O)OCC(COC1OC(C(=O)O)C(O)C(O)C1OC(=O)CCCCCCCCCCC)OC(=O)CCCCCCCCCCC. The molecule has 12 nitrogen and oxygen atoms in total. The van der Waals surface area contributed by atoms with Crippen molar-refractivity contribution in [2.45, 2.75) is 263 Å². The lowest BCUT2D eigenvalue weighted by molar-refractivity contribution is -0.301. The summed E-state index contributed by atoms with van der Waals surface area (Å²) in [6.45, 7) is 5.90. The molecule has 0 aromatic carbocycles. The molecule has 0 bridgehead atoms. The Hall–Kier alpha value is -2.28. The molecule has 346 valence electrons. The Balaban J connectivity index is 2.75. The smallest absolute Gasteiger partial charge is 0.335 e. The maximum absolute atomic E-state index is 12.9. The summed E-state index contributed by atoms with van der Waals surface area (Å²) in [5.41, 5.74) is 0. The molecule has 1 fully saturated rings. The van der Waals surface area contributed by atoms with Crippen LogP contribution in [0.2, 0.25) is 0 Å². The van der Waals surface area contributed by atoms with Gasteiger partial charge in [0, 0.05) is 19.3 Å². The lowest BCUT2D eigenvalue weighted by Gasteiger charge is -2.40. The third-order valence-corrected chi connectivity index (χ3v) is 11.2. The average molecular weight is 843 g/mol. The van der Waals surface area contributed by atoms with Crippen LogP contribution < -0.4 is 0 Å². The highest BCUT2D eigenvalue weighted by molar-refractivity contribution is 5.74. The summed E-state index contributed by atoms with van der Waals surface area (Å²) in [7, 11) is 0. The third kappa shape index (κ3) is 28.8. The predicted molar refractivity (Wildman–Crippen MR) is 230 cm³/mol. The van der Waals surface area contributed by atoms with Crippen molar-refractivity contribution in [3.8, 4) is 0 Å². The number of esters is 3. The normalized spacial score (nSPS) is 19.6. The quantitative estimate of drug-likeness (QED) is 0.0303. The van der Waals surface area contributed by atoms with Gasteiger partial charge in [-0.15, -0.1) is 0 Å². The van der Waals surface area contributed by atoms with Crippen molar-refractivity contribution in [1.82, 2.24) is 0 Å². The van der Waals surface area contributed by atoms with Gasteiger partial charge in [0.1, 0.15) is 18.8 Å². The molecule has 6 unspecified atom stereocenters. The molecular weight excluding hydrogens is 757 g/mol. The van der Waals surface area contributed by atoms with Gasteiger partial charge in [-0.25, -0.2) is 4.79 Å². The van der Waals surface area contributed by atoms with Crippen molar-refractivity contribution in [1.29, 1.82) is 0 Å². The maximum Gasteiger partial charge on any atom is 0.335 e. The van der Waals surface area contributed by atoms with Crippen LogP contribution in [0.3, 0.4) is 0 Å². The minimum atomic E-state index is -1.89. The molecule has 3 N–H and O–H groups in total. The number of aliphatic hydroxyl groups excluding tert-OH is 2. The summed E-state index contributed by atoms with van der Waals surface area (Å²) in [5, 5.41) is 31.1. The van der Waals surface area contributed by atoms with Crippen LogP contribution in [0.15, 0.2) is 0 Å². The number of rotatable bonds is 40. The minimum absolute atomic E-state index is 0.0679. The first-order valence-electron chi connectivity index (χ1n) is 24.0. The van der Waals surface area contributed by atoms with E-state index in [2.05, 4.69) is 20.8 Å². The van der Waals surface area contributed by atoms with Crippen LogP contribution in [0.4, 0.5) is 0 Å². The molecule has 0 amide bonds. The van der Waals surface area contributed by atoms with Crippen LogP contribution in [0.1, 0.15) is 226 Å². The van der Waals surface area contributed by atoms with Crippen LogP contribution in [0, 0.1) is 0 Å². The van der Waals surface area contributed by atoms with Gasteiger partial charge in [-0.3, -0.25) is 14.4 Å². The maximum atomic E-state index is 12.9. The van der Waals surface area contributed by atoms with Gasteiger partial charge in [-0.2, -0.15) is 0 Å². The Morgan fingerprint density at radius 2 is 0.864 bits per heavy atom. The first-order chi connectivity index (χ1) is 28.6. The number of carboxylic acids is 1. The Kier molecular flexibility index (Phi) is 34.8. The molecular formula is C47H86O12. The monoisotopic (exact) mass is 843 g/mol. The van der Waals surface area contributed by atoms with E-state index in [-0.39, 0.29) is 25.9 Å². The van der Waals surface area contributed by atoms with E-state index in [9.17, 15) is 34.5 Å². The molecule has 0 radical (unpaired) electrons. The highest BCUT2D eigenvalue weighted by Crippen LogP contribution is 2.26. The molecule has 1 saturated heterocycles. The van der Waals surface area contributed by atoms with E-state index in [1.54, 1.807) is 0 Å². The zero-order chi connectivity index (χ0) is 43.4. The van der Waals surface area contributed by atoms with E-state index >= 15 is 0 Å². The summed E-state index contributed by atoms with van der Waals surface area (Å²) in [6, 6.07) is 0. The van der Waals surface area contributed by atoms with E-state index < -0.39 is 67.3 Å². The first-order valence-corrected chi connectivity index (χ1v) is 24.0. The molecule has 12 heteroatoms. The highest BCUT2D eigenvalue weighted by atomic mass is 16.7. The summed E-state index contributed by atoms with van der Waals surface area (Å²) >= 11 is 0. The van der Waals surface area contributed by atoms with Crippen molar-refractivity contribution < 1.29 is 58.2 Å². The number of ether oxygens (including phenoxy) is 5. The van der Waals surface area contributed by atoms with E-state index in [0.717, 1.165) is 64.2 Å². The van der Waals surface area contributed by atoms with Gasteiger partial charge in [0.2, 0.25) is 0 Å². The van der Waals surface area contributed by atoms with Crippen molar-refractivity contribution >= 4 is 23.9 Å². The second kappa shape index (κ2) is 37.5. The number of unbranched alkanes of at least 4 members (excludes halogenated alkanes) is 26. The second-order valence-electron chi connectivity index (χ2n) is 16.8. The van der Waals surface area contributed by atoms with E-state index in [0.29, 0.717) is 19.3 Å². The molecule has 1 heterocycles. The first kappa shape index (κ1) is 54.7. The molecule has 0 saturated carbocycles. The van der Waals surface area contributed by atoms with E-state index in [1.807, 2.05) is 0 Å². The molecule has 1 aliphatic rings. The summed E-state index contributed by atoms with van der Waals surface area (Å²) in [4.78, 5) is 50.4. The van der Waals surface area contributed by atoms with E-state index in [1.165, 1.54) is 103 Å².